The van der Waals surface area contributed by atoms with Crippen molar-refractivity contribution in [3.8, 4) is 34.7 Å². The summed E-state index contributed by atoms with van der Waals surface area (Å²) in [7, 11) is 0. The Morgan fingerprint density at radius 2 is 1.04 bits per heavy atom. The Balaban J connectivity index is 0.000000249. The van der Waals surface area contributed by atoms with E-state index in [0.717, 1.165) is 96.9 Å². The fourth-order valence-electron chi connectivity index (χ4n) is 8.19. The fourth-order valence-corrected chi connectivity index (χ4v) is 8.19. The second-order valence-corrected chi connectivity index (χ2v) is 21.1. The molecule has 2 fully saturated rings. The molecule has 3 N–H and O–H groups in total. The van der Waals surface area contributed by atoms with Crippen molar-refractivity contribution in [1.82, 2.24) is 49.7 Å². The zero-order valence-electron chi connectivity index (χ0n) is 44.6. The van der Waals surface area contributed by atoms with E-state index in [1.165, 1.54) is 0 Å². The van der Waals surface area contributed by atoms with Gasteiger partial charge in [-0.1, -0.05) is 90.1 Å². The first-order valence-electron chi connectivity index (χ1n) is 25.2. The van der Waals surface area contributed by atoms with Crippen LogP contribution in [0.3, 0.4) is 0 Å². The lowest BCUT2D eigenvalue weighted by atomic mass is 9.93. The number of anilines is 4. The maximum Gasteiger partial charge on any atom is 0.227 e. The molecule has 1 amide bonds. The number of nitrogens with one attached hydrogen (secondary N) is 3. The van der Waals surface area contributed by atoms with Gasteiger partial charge in [-0.05, 0) is 75.3 Å². The summed E-state index contributed by atoms with van der Waals surface area (Å²) >= 11 is 5.11. The van der Waals surface area contributed by atoms with Gasteiger partial charge in [0.1, 0.15) is 0 Å². The molecule has 0 radical (unpaired) electrons. The van der Waals surface area contributed by atoms with Gasteiger partial charge < -0.3 is 20.9 Å². The zero-order chi connectivity index (χ0) is 54.3. The lowest BCUT2D eigenvalue weighted by Crippen LogP contribution is -2.44. The molecule has 2 saturated heterocycles. The van der Waals surface area contributed by atoms with Gasteiger partial charge in [-0.3, -0.25) is 28.5 Å². The summed E-state index contributed by atoms with van der Waals surface area (Å²) in [6, 6.07) is 19.3. The van der Waals surface area contributed by atoms with Gasteiger partial charge in [0.05, 0.1) is 59.4 Å². The summed E-state index contributed by atoms with van der Waals surface area (Å²) in [5.41, 5.74) is 7.34. The van der Waals surface area contributed by atoms with E-state index in [2.05, 4.69) is 41.1 Å². The van der Waals surface area contributed by atoms with E-state index in [1.54, 1.807) is 69.8 Å². The van der Waals surface area contributed by atoms with E-state index >= 15 is 0 Å². The maximum atomic E-state index is 12.6. The highest BCUT2D eigenvalue weighted by Gasteiger charge is 2.31. The summed E-state index contributed by atoms with van der Waals surface area (Å²) in [5.74, 6) is 1.08. The SMILES string of the molecule is CC(C)(C)C(=O)Cl.Cc1cnc(Nc2cnn(C3CCN(C(=O)C(C)(C)C)CC3)c2)nc1-c1ccc(C(=O)CCC#N)cc1.Cc1cnc(Nc2cnn(C3CCNCC3)c2)nc1-c1ccc(C(=O)CCC#N)cc1.Cl. The van der Waals surface area contributed by atoms with E-state index in [9.17, 15) is 19.2 Å². The summed E-state index contributed by atoms with van der Waals surface area (Å²) in [4.78, 5) is 67.2. The standard InChI is InChI=1S/C28H33N7O2.C23H25N7O.C5H9ClO.ClH/c1-19-16-30-27(33-25(19)21-9-7-20(8-10-21)24(36)6-5-13-29)32-22-17-31-35(18-22)23-11-14-34(15-12-23)26(37)28(2,3)4;1-16-13-26-23(28-19-14-27-30(15-19)20-8-11-25-12-9-20)29-22(16)18-6-4-17(5-7-18)21(31)3-2-10-24;1-5(2,3)4(6)7;/h7-10,16-18,23H,5-6,11-12,14-15H2,1-4H3,(H,30,32,33);4-7,13-15,20,25H,2-3,8-9,11-12H2,1H3,(H,26,28,29);1-3H3;1H. The molecule has 400 valence electrons. The number of piperidine rings is 2. The van der Waals surface area contributed by atoms with Crippen LogP contribution in [0.1, 0.15) is 137 Å². The van der Waals surface area contributed by atoms with Crippen molar-refractivity contribution >= 4 is 70.0 Å². The summed E-state index contributed by atoms with van der Waals surface area (Å²) in [5, 5.41) is 36.0. The van der Waals surface area contributed by atoms with Crippen LogP contribution in [0.4, 0.5) is 23.3 Å². The van der Waals surface area contributed by atoms with Crippen LogP contribution in [-0.2, 0) is 9.59 Å². The van der Waals surface area contributed by atoms with Crippen molar-refractivity contribution in [1.29, 1.82) is 10.5 Å². The third kappa shape index (κ3) is 16.8. The number of ketones is 2. The zero-order valence-corrected chi connectivity index (χ0v) is 46.1. The van der Waals surface area contributed by atoms with Crippen molar-refractivity contribution in [3.63, 3.8) is 0 Å². The van der Waals surface area contributed by atoms with Crippen LogP contribution in [0, 0.1) is 47.3 Å². The molecule has 0 aliphatic carbocycles. The highest BCUT2D eigenvalue weighted by Crippen LogP contribution is 2.30. The number of likely N-dealkylation sites (tertiary alicyclic amines) is 1. The lowest BCUT2D eigenvalue weighted by molar-refractivity contribution is -0.140. The van der Waals surface area contributed by atoms with Crippen molar-refractivity contribution < 1.29 is 19.2 Å². The van der Waals surface area contributed by atoms with Crippen LogP contribution in [-0.4, -0.2) is 93.3 Å². The molecular formula is C56H68Cl2N14O4. The normalized spacial score (nSPS) is 13.8. The number of Topliss-reactive ketones (excluding diaryl/α,β-unsaturated/α-hetero) is 2. The topological polar surface area (TPSA) is 242 Å². The average molecular weight is 1070 g/mol. The lowest BCUT2D eigenvalue weighted by Gasteiger charge is -2.35. The largest absolute Gasteiger partial charge is 0.342 e. The van der Waals surface area contributed by atoms with Gasteiger partial charge in [0.25, 0.3) is 0 Å². The molecule has 0 unspecified atom stereocenters. The molecule has 0 atom stereocenters. The van der Waals surface area contributed by atoms with Crippen LogP contribution in [0.5, 0.6) is 0 Å². The Hall–Kier alpha value is -7.38. The molecule has 0 spiro atoms. The van der Waals surface area contributed by atoms with Gasteiger partial charge in [-0.2, -0.15) is 20.7 Å². The van der Waals surface area contributed by atoms with Crippen LogP contribution in [0.2, 0.25) is 0 Å². The van der Waals surface area contributed by atoms with Gasteiger partial charge in [-0.15, -0.1) is 12.4 Å². The number of nitrogens with zero attached hydrogens (tertiary/aromatic N) is 11. The predicted molar refractivity (Wildman–Crippen MR) is 297 cm³/mol. The van der Waals surface area contributed by atoms with Gasteiger partial charge >= 0.3 is 0 Å². The van der Waals surface area contributed by atoms with Gasteiger partial charge in [0.15, 0.2) is 11.6 Å². The average Bonchev–Trinajstić information content (AvgIpc) is 4.08. The number of halogens is 2. The highest BCUT2D eigenvalue weighted by atomic mass is 35.5. The Labute approximate surface area is 456 Å². The third-order valence-electron chi connectivity index (χ3n) is 12.6. The first kappa shape index (κ1) is 59.5. The van der Waals surface area contributed by atoms with Crippen LogP contribution in [0.15, 0.2) is 85.7 Å². The Morgan fingerprint density at radius 3 is 1.41 bits per heavy atom. The first-order chi connectivity index (χ1) is 35.7. The molecule has 0 bridgehead atoms. The smallest absolute Gasteiger partial charge is 0.227 e. The molecule has 18 nitrogen and oxygen atoms in total. The van der Waals surface area contributed by atoms with Crippen LogP contribution < -0.4 is 16.0 Å². The second-order valence-electron chi connectivity index (χ2n) is 20.7. The predicted octanol–water partition coefficient (Wildman–Crippen LogP) is 11.1. The number of carbonyl (C=O) groups is 4. The van der Waals surface area contributed by atoms with E-state index in [1.807, 2.05) is 97.7 Å². The maximum absolute atomic E-state index is 12.6. The van der Waals surface area contributed by atoms with Gasteiger partial charge in [0, 0.05) is 96.6 Å². The highest BCUT2D eigenvalue weighted by molar-refractivity contribution is 6.64. The van der Waals surface area contributed by atoms with E-state index in [0.29, 0.717) is 29.1 Å². The molecule has 2 aromatic carbocycles. The minimum absolute atomic E-state index is 0. The van der Waals surface area contributed by atoms with Crippen LogP contribution in [0.25, 0.3) is 22.5 Å². The number of amides is 1. The number of benzene rings is 2. The Bertz CT molecular complexity index is 3000. The van der Waals surface area contributed by atoms with Gasteiger partial charge in [-0.25, -0.2) is 19.9 Å². The summed E-state index contributed by atoms with van der Waals surface area (Å²) in [6.45, 7) is 18.6. The molecule has 6 aromatic rings. The minimum Gasteiger partial charge on any atom is -0.342 e. The fraction of sp³-hybridized carbons (Fsp3) is 0.429. The minimum atomic E-state index is -0.373. The number of aryl methyl sites for hydroxylation is 2. The monoisotopic (exact) mass is 1070 g/mol. The Kier molecular flexibility index (Phi) is 21.5. The van der Waals surface area contributed by atoms with Crippen LogP contribution >= 0.6 is 24.0 Å². The van der Waals surface area contributed by atoms with E-state index in [-0.39, 0.29) is 77.7 Å². The molecule has 2 aliphatic rings. The van der Waals surface area contributed by atoms with Gasteiger partial charge in [0.2, 0.25) is 23.0 Å². The third-order valence-corrected chi connectivity index (χ3v) is 13.2. The van der Waals surface area contributed by atoms with E-state index < -0.39 is 0 Å². The Morgan fingerprint density at radius 1 is 0.645 bits per heavy atom. The number of hydrogen-bond donors (Lipinski definition) is 3. The number of nitriles is 2. The molecule has 76 heavy (non-hydrogen) atoms. The van der Waals surface area contributed by atoms with Crippen molar-refractivity contribution in [2.24, 2.45) is 10.8 Å². The van der Waals surface area contributed by atoms with E-state index in [4.69, 9.17) is 27.1 Å². The van der Waals surface area contributed by atoms with Crippen molar-refractivity contribution in [2.75, 3.05) is 36.8 Å². The molecular weight excluding hydrogens is 1000 g/mol. The number of carbonyl (C=O) groups excluding carboxylic acids is 4. The van der Waals surface area contributed by atoms with Crippen molar-refractivity contribution in [2.45, 2.75) is 119 Å². The molecule has 2 aliphatic heterocycles. The number of rotatable bonds is 14. The molecule has 6 heterocycles. The first-order valence-corrected chi connectivity index (χ1v) is 25.6. The second kappa shape index (κ2) is 27.4. The molecule has 20 heteroatoms. The quantitative estimate of drug-likeness (QED) is 0.0678. The molecule has 0 saturated carbocycles. The van der Waals surface area contributed by atoms with Crippen molar-refractivity contribution in [3.05, 3.63) is 108 Å². The number of hydrogen-bond acceptors (Lipinski definition) is 15. The number of aromatic nitrogens is 8. The summed E-state index contributed by atoms with van der Waals surface area (Å²) < 4.78 is 3.97. The molecule has 4 aromatic heterocycles. The summed E-state index contributed by atoms with van der Waals surface area (Å²) in [6.07, 6.45) is 15.8. The molecule has 8 rings (SSSR count).